The highest BCUT2D eigenvalue weighted by Crippen LogP contribution is 2.29. The van der Waals surface area contributed by atoms with Gasteiger partial charge in [-0.25, -0.2) is 0 Å². The molecule has 0 aliphatic heterocycles. The van der Waals surface area contributed by atoms with Crippen LogP contribution in [0.25, 0.3) is 0 Å². The van der Waals surface area contributed by atoms with Crippen molar-refractivity contribution in [2.24, 2.45) is 5.73 Å². The number of hydrogen-bond donors (Lipinski definition) is 4. The van der Waals surface area contributed by atoms with Crippen LogP contribution < -0.4 is 31.2 Å². The highest BCUT2D eigenvalue weighted by molar-refractivity contribution is 5.85. The topological polar surface area (TPSA) is 80.6 Å². The van der Waals surface area contributed by atoms with E-state index in [1.165, 1.54) is 205 Å². The molecular formula is C55H105ClN4O2. The maximum atomic E-state index is 6.43. The van der Waals surface area contributed by atoms with Gasteiger partial charge in [0.25, 0.3) is 0 Å². The largest absolute Gasteiger partial charge is 0.490 e. The van der Waals surface area contributed by atoms with E-state index in [-0.39, 0.29) is 12.4 Å². The van der Waals surface area contributed by atoms with Crippen molar-refractivity contribution >= 4 is 12.4 Å². The Morgan fingerprint density at radius 2 is 0.758 bits per heavy atom. The van der Waals surface area contributed by atoms with Crippen molar-refractivity contribution in [1.82, 2.24) is 16.0 Å². The van der Waals surface area contributed by atoms with Gasteiger partial charge in [-0.05, 0) is 160 Å². The van der Waals surface area contributed by atoms with Crippen molar-refractivity contribution < 1.29 is 9.47 Å². The van der Waals surface area contributed by atoms with Gasteiger partial charge in [0, 0.05) is 6.54 Å². The molecule has 1 aromatic carbocycles. The summed E-state index contributed by atoms with van der Waals surface area (Å²) < 4.78 is 12.8. The summed E-state index contributed by atoms with van der Waals surface area (Å²) in [5.41, 5.74) is 6.84. The molecule has 0 fully saturated rings. The molecule has 0 amide bonds. The van der Waals surface area contributed by atoms with Crippen LogP contribution in [0.5, 0.6) is 11.5 Å². The van der Waals surface area contributed by atoms with Gasteiger partial charge < -0.3 is 31.2 Å². The molecule has 0 radical (unpaired) electrons. The number of nitrogens with one attached hydrogen (secondary N) is 3. The quantitative estimate of drug-likeness (QED) is 0.0385. The number of hydrogen-bond acceptors (Lipinski definition) is 6. The summed E-state index contributed by atoms with van der Waals surface area (Å²) >= 11 is 0. The molecule has 0 bridgehead atoms. The number of unbranched alkanes of at least 4 members (excludes halogenated alkanes) is 27. The van der Waals surface area contributed by atoms with E-state index >= 15 is 0 Å². The Labute approximate surface area is 392 Å². The molecule has 5 N–H and O–H groups in total. The van der Waals surface area contributed by atoms with Crippen LogP contribution in [-0.2, 0) is 6.54 Å². The predicted octanol–water partition coefficient (Wildman–Crippen LogP) is 15.5. The number of nitrogens with two attached hydrogens (primary N) is 1. The van der Waals surface area contributed by atoms with Crippen LogP contribution in [0.1, 0.15) is 238 Å². The maximum absolute atomic E-state index is 6.43. The fraction of sp³-hybridized carbons (Fsp3) is 0.818. The molecule has 1 rings (SSSR count). The van der Waals surface area contributed by atoms with Crippen LogP contribution in [0.4, 0.5) is 0 Å². The van der Waals surface area contributed by atoms with Crippen LogP contribution in [-0.4, -0.2) is 52.5 Å². The van der Waals surface area contributed by atoms with Gasteiger partial charge in [0.1, 0.15) is 0 Å². The SMILES string of the molecule is CCCCCCCC/C=C\CCCCCCCCOc1ccc(CNCCCCNCCCCNCCCCN)cc1OCCCCCCCC/C=C\CCCCCCCC.Cl. The molecule has 0 spiro atoms. The van der Waals surface area contributed by atoms with Crippen LogP contribution in [0, 0.1) is 0 Å². The van der Waals surface area contributed by atoms with E-state index < -0.39 is 0 Å². The predicted molar refractivity (Wildman–Crippen MR) is 278 cm³/mol. The molecule has 0 saturated carbocycles. The van der Waals surface area contributed by atoms with E-state index in [9.17, 15) is 0 Å². The summed E-state index contributed by atoms with van der Waals surface area (Å²) in [6.45, 7) is 13.3. The standard InChI is InChI=1S/C55H104N4O2.ClH/c1-3-5-7-9-11-13-15-17-19-21-23-25-27-29-31-39-49-60-54-42-41-53(52-59-48-38-37-47-58-46-36-35-45-57-44-34-33-43-56)51-55(54)61-50-40-32-30-28-26-24-22-20-18-16-14-12-10-8-6-4-2;/h17-20,41-42,51,57-59H,3-16,21-40,43-50,52,56H2,1-2H3;1H/b19-17-,20-18-;. The zero-order chi connectivity index (χ0) is 43.6. The summed E-state index contributed by atoms with van der Waals surface area (Å²) in [5.74, 6) is 1.83. The highest BCUT2D eigenvalue weighted by atomic mass is 35.5. The second kappa shape index (κ2) is 52.1. The first-order valence-electron chi connectivity index (χ1n) is 26.8. The van der Waals surface area contributed by atoms with Crippen LogP contribution in [0.2, 0.25) is 0 Å². The number of ether oxygens (including phenoxy) is 2. The molecule has 0 aliphatic carbocycles. The smallest absolute Gasteiger partial charge is 0.161 e. The number of halogens is 1. The minimum atomic E-state index is 0. The Hall–Kier alpha value is -1.57. The Kier molecular flexibility index (Phi) is 50.7. The molecule has 7 heteroatoms. The number of allylic oxidation sites excluding steroid dienone is 4. The van der Waals surface area contributed by atoms with Crippen molar-refractivity contribution in [1.29, 1.82) is 0 Å². The maximum Gasteiger partial charge on any atom is 0.161 e. The van der Waals surface area contributed by atoms with Crippen LogP contribution in [0.3, 0.4) is 0 Å². The summed E-state index contributed by atoms with van der Waals surface area (Å²) in [5, 5.41) is 10.8. The molecule has 0 unspecified atom stereocenters. The molecule has 0 atom stereocenters. The van der Waals surface area contributed by atoms with Crippen molar-refractivity contribution in [3.05, 3.63) is 48.1 Å². The molecule has 62 heavy (non-hydrogen) atoms. The number of rotatable bonds is 50. The molecule has 0 heterocycles. The van der Waals surface area contributed by atoms with Crippen molar-refractivity contribution in [2.75, 3.05) is 52.5 Å². The van der Waals surface area contributed by atoms with E-state index in [0.29, 0.717) is 0 Å². The Bertz CT molecular complexity index is 1070. The third-order valence-electron chi connectivity index (χ3n) is 11.9. The van der Waals surface area contributed by atoms with Gasteiger partial charge in [-0.15, -0.1) is 12.4 Å². The van der Waals surface area contributed by atoms with Gasteiger partial charge in [-0.2, -0.15) is 0 Å². The van der Waals surface area contributed by atoms with E-state index in [4.69, 9.17) is 15.2 Å². The first kappa shape index (κ1) is 60.4. The number of benzene rings is 1. The van der Waals surface area contributed by atoms with Gasteiger partial charge in [-0.1, -0.05) is 160 Å². The molecule has 364 valence electrons. The first-order valence-corrected chi connectivity index (χ1v) is 26.8. The van der Waals surface area contributed by atoms with Gasteiger partial charge >= 0.3 is 0 Å². The first-order chi connectivity index (χ1) is 30.3. The second-order valence-corrected chi connectivity index (χ2v) is 17.9. The molecule has 6 nitrogen and oxygen atoms in total. The zero-order valence-electron chi connectivity index (χ0n) is 41.2. The molecule has 0 aromatic heterocycles. The van der Waals surface area contributed by atoms with E-state index in [2.05, 4.69) is 72.3 Å². The minimum Gasteiger partial charge on any atom is -0.490 e. The lowest BCUT2D eigenvalue weighted by atomic mass is 10.1. The summed E-state index contributed by atoms with van der Waals surface area (Å²) in [7, 11) is 0. The molecule has 0 aliphatic rings. The van der Waals surface area contributed by atoms with Crippen molar-refractivity contribution in [3.63, 3.8) is 0 Å². The van der Waals surface area contributed by atoms with Crippen molar-refractivity contribution in [3.8, 4) is 11.5 Å². The Balaban J connectivity index is 0.0000372. The van der Waals surface area contributed by atoms with Crippen molar-refractivity contribution in [2.45, 2.75) is 239 Å². The van der Waals surface area contributed by atoms with E-state index in [0.717, 1.165) is 89.8 Å². The highest BCUT2D eigenvalue weighted by Gasteiger charge is 2.08. The average molecular weight is 890 g/mol. The fourth-order valence-electron chi connectivity index (χ4n) is 7.83. The minimum absolute atomic E-state index is 0. The van der Waals surface area contributed by atoms with Gasteiger partial charge in [0.2, 0.25) is 0 Å². The molecule has 1 aromatic rings. The lowest BCUT2D eigenvalue weighted by molar-refractivity contribution is 0.258. The third-order valence-corrected chi connectivity index (χ3v) is 11.9. The monoisotopic (exact) mass is 889 g/mol. The molecule has 0 saturated heterocycles. The lowest BCUT2D eigenvalue weighted by Crippen LogP contribution is -2.21. The van der Waals surface area contributed by atoms with Gasteiger partial charge in [-0.3, -0.25) is 0 Å². The Morgan fingerprint density at radius 3 is 1.18 bits per heavy atom. The second-order valence-electron chi connectivity index (χ2n) is 17.9. The normalized spacial score (nSPS) is 11.6. The van der Waals surface area contributed by atoms with Gasteiger partial charge in [0.05, 0.1) is 13.2 Å². The fourth-order valence-corrected chi connectivity index (χ4v) is 7.83. The average Bonchev–Trinajstić information content (AvgIpc) is 3.27. The van der Waals surface area contributed by atoms with Gasteiger partial charge in [0.15, 0.2) is 11.5 Å². The third kappa shape index (κ3) is 43.7. The summed E-state index contributed by atoms with van der Waals surface area (Å²) in [6, 6.07) is 6.59. The molecular weight excluding hydrogens is 784 g/mol. The lowest BCUT2D eigenvalue weighted by Gasteiger charge is -2.15. The van der Waals surface area contributed by atoms with E-state index in [1.807, 2.05) is 0 Å². The zero-order valence-corrected chi connectivity index (χ0v) is 42.1. The van der Waals surface area contributed by atoms with Crippen LogP contribution >= 0.6 is 12.4 Å². The van der Waals surface area contributed by atoms with E-state index in [1.54, 1.807) is 0 Å². The Morgan fingerprint density at radius 1 is 0.403 bits per heavy atom. The summed E-state index contributed by atoms with van der Waals surface area (Å²) in [4.78, 5) is 0. The van der Waals surface area contributed by atoms with Crippen LogP contribution in [0.15, 0.2) is 42.5 Å². The summed E-state index contributed by atoms with van der Waals surface area (Å²) in [6.07, 6.45) is 53.9.